The Bertz CT molecular complexity index is 3340. The van der Waals surface area contributed by atoms with Gasteiger partial charge in [0.2, 0.25) is 82.7 Å². The number of likely N-dealkylation sites (tertiary alicyclic amines) is 1. The molecule has 0 aliphatic carbocycles. The van der Waals surface area contributed by atoms with Crippen molar-refractivity contribution in [2.75, 3.05) is 62.8 Å². The van der Waals surface area contributed by atoms with Crippen LogP contribution in [0.15, 0.2) is 17.5 Å². The van der Waals surface area contributed by atoms with Crippen LogP contribution in [0.4, 0.5) is 0 Å². The van der Waals surface area contributed by atoms with Gasteiger partial charge in [0, 0.05) is 42.9 Å². The van der Waals surface area contributed by atoms with E-state index in [1.54, 1.807) is 34.0 Å². The number of nitrogens with one attached hydrogen (secondary N) is 14. The van der Waals surface area contributed by atoms with Gasteiger partial charge in [0.15, 0.2) is 5.96 Å². The number of aliphatic carboxylic acids is 1. The van der Waals surface area contributed by atoms with Crippen molar-refractivity contribution < 1.29 is 92.3 Å². The molecule has 115 heavy (non-hydrogen) atoms. The second-order valence-corrected chi connectivity index (χ2v) is 30.6. The van der Waals surface area contributed by atoms with E-state index in [4.69, 9.17) is 28.7 Å². The molecule has 44 heteroatoms. The summed E-state index contributed by atoms with van der Waals surface area (Å²) in [6.07, 6.45) is 4.06. The Kier molecular flexibility index (Phi) is 48.3. The van der Waals surface area contributed by atoms with Crippen LogP contribution in [0.25, 0.3) is 0 Å². The van der Waals surface area contributed by atoms with E-state index in [0.29, 0.717) is 56.5 Å². The molecular weight excluding hydrogens is 1560 g/mol. The average Bonchev–Trinajstić information content (AvgIpc) is 1.75. The van der Waals surface area contributed by atoms with E-state index in [9.17, 15) is 92.3 Å². The number of carbonyl (C=O) groups is 15. The molecule has 0 unspecified atom stereocenters. The summed E-state index contributed by atoms with van der Waals surface area (Å²) in [7, 11) is 0. The number of nitrogens with two attached hydrogens (primary N) is 5. The van der Waals surface area contributed by atoms with Gasteiger partial charge in [-0.2, -0.15) is 37.0 Å². The molecule has 1 fully saturated rings. The van der Waals surface area contributed by atoms with Crippen LogP contribution in [0.3, 0.4) is 0 Å². The second kappa shape index (κ2) is 54.3. The Morgan fingerprint density at radius 1 is 0.574 bits per heavy atom. The quantitative estimate of drug-likeness (QED) is 0.0125. The van der Waals surface area contributed by atoms with Crippen molar-refractivity contribution in [3.05, 3.63) is 18.2 Å². The minimum atomic E-state index is -1.97. The number of carboxylic acids is 1. The van der Waals surface area contributed by atoms with Gasteiger partial charge in [-0.1, -0.05) is 54.4 Å². The van der Waals surface area contributed by atoms with E-state index in [1.165, 1.54) is 29.2 Å². The molecule has 2 heterocycles. The molecule has 0 radical (unpaired) electrons. The summed E-state index contributed by atoms with van der Waals surface area (Å²) in [5.74, 6) is -15.8. The molecule has 14 amide bonds. The number of hydrogen-bond acceptors (Lipinski definition) is 26. The smallest absolute Gasteiger partial charge is 0.326 e. The van der Waals surface area contributed by atoms with Crippen LogP contribution >= 0.6 is 37.0 Å². The number of hydrogen-bond donors (Lipinski definition) is 25. The van der Waals surface area contributed by atoms with Gasteiger partial charge in [-0.05, 0) is 134 Å². The fourth-order valence-electron chi connectivity index (χ4n) is 11.9. The molecule has 1 aromatic heterocycles. The zero-order valence-electron chi connectivity index (χ0n) is 67.0. The van der Waals surface area contributed by atoms with Crippen molar-refractivity contribution in [2.45, 2.75) is 248 Å². The standard InChI is InChI=1S/C71H126N22O19S3/c1-10-37(5)53(65(106)85-47(29-41-30-77-35-80-41)69(110)93-26-17-21-51(93)64(105)84-46(70(111)112)19-13-15-24-73)89-52(97)31-79-58(99)48(32-94)86-67(108)55(39(7)95)92-68(109)56(40(8)96)91-61(102)43(18-12-14-23-72)83-66(107)54(38(6)11-2)90-63(104)50(34-114)88-60(101)45(22-27-115-9)82-62(103)49(33-113)87-59(100)44(20-16-25-78-71(75)76)81-57(98)42(74)28-36(3)4/h30,35-40,42-51,53-56,94-96,113-114H,10-29,31-34,72-74H2,1-9H3,(H,77,80)(H,79,99)(H,81,98)(H,82,103)(H,83,107)(H,84,105)(H,85,106)(H,86,108)(H,87,100)(H,88,101)(H,89,97)(H,90,104)(H,91,102)(H,92,109)(H,111,112)(H4,75,76,78)/t37-,38-,39+,40+,42-,43-,44-,45-,46-,47-,48-,49-,50-,51-,53-,54-,55-,56-/m0/s1. The SMILES string of the molecule is CC[C@H](C)[C@H](NC(=O)CNC(=O)[C@H](CO)NC(=O)[C@@H](NC(=O)[C@@H](NC(=O)[C@H](CCCCN)NC(=O)[C@@H](NC(=O)[C@H](CS)NC(=O)[C@H](CCSC)NC(=O)[C@H](CS)NC(=O)[C@H](CCCN=C(N)N)NC(=O)[C@@H](N)CC(C)C)[C@@H](C)CC)[C@@H](C)O)[C@@H](C)O)C(=O)N[C@@H](Cc1cnc[nH]1)C(=O)N1CCC[C@H]1C(=O)N[C@@H](CCCCN)C(=O)O. The molecule has 41 nitrogen and oxygen atoms in total. The number of rotatable bonds is 56. The van der Waals surface area contributed by atoms with E-state index in [0.717, 1.165) is 13.8 Å². The first-order chi connectivity index (χ1) is 54.4. The average molecular weight is 1690 g/mol. The molecule has 1 aliphatic rings. The van der Waals surface area contributed by atoms with Crippen LogP contribution < -0.4 is 97.8 Å². The van der Waals surface area contributed by atoms with Gasteiger partial charge in [-0.3, -0.25) is 72.1 Å². The lowest BCUT2D eigenvalue weighted by Gasteiger charge is -2.31. The van der Waals surface area contributed by atoms with Gasteiger partial charge < -0.3 is 128 Å². The van der Waals surface area contributed by atoms with Crippen LogP contribution in [0.1, 0.15) is 151 Å². The molecule has 18 atom stereocenters. The highest BCUT2D eigenvalue weighted by atomic mass is 32.2. The van der Waals surface area contributed by atoms with Crippen LogP contribution in [0.2, 0.25) is 0 Å². The maximum atomic E-state index is 14.4. The molecule has 0 aromatic carbocycles. The van der Waals surface area contributed by atoms with Gasteiger partial charge in [0.1, 0.15) is 78.5 Å². The van der Waals surface area contributed by atoms with E-state index in [1.807, 2.05) is 13.8 Å². The molecule has 1 aromatic rings. The van der Waals surface area contributed by atoms with Gasteiger partial charge in [0.05, 0.1) is 37.7 Å². The summed E-state index contributed by atoms with van der Waals surface area (Å²) in [6, 6.07) is -20.0. The van der Waals surface area contributed by atoms with Crippen molar-refractivity contribution in [1.29, 1.82) is 0 Å². The predicted octanol–water partition coefficient (Wildman–Crippen LogP) is -6.89. The normalized spacial score (nSPS) is 17.1. The first kappa shape index (κ1) is 102. The number of aliphatic hydroxyl groups excluding tert-OH is 3. The van der Waals surface area contributed by atoms with E-state index in [-0.39, 0.29) is 101 Å². The van der Waals surface area contributed by atoms with Gasteiger partial charge in [-0.25, -0.2) is 9.78 Å². The topological polar surface area (TPSA) is 668 Å². The van der Waals surface area contributed by atoms with Crippen molar-refractivity contribution in [3.8, 4) is 0 Å². The Hall–Kier alpha value is -8.66. The van der Waals surface area contributed by atoms with Crippen molar-refractivity contribution in [1.82, 2.24) is 84.0 Å². The van der Waals surface area contributed by atoms with Crippen molar-refractivity contribution in [3.63, 3.8) is 0 Å². The van der Waals surface area contributed by atoms with E-state index < -0.39 is 210 Å². The fourth-order valence-corrected chi connectivity index (χ4v) is 12.9. The van der Waals surface area contributed by atoms with Gasteiger partial charge in [0.25, 0.3) is 0 Å². The number of amides is 14. The number of thioether (sulfide) groups is 1. The highest BCUT2D eigenvalue weighted by molar-refractivity contribution is 7.98. The lowest BCUT2D eigenvalue weighted by molar-refractivity contribution is -0.145. The second-order valence-electron chi connectivity index (χ2n) is 28.9. The number of nitrogens with zero attached hydrogens (tertiary/aromatic N) is 3. The molecule has 0 saturated carbocycles. The highest BCUT2D eigenvalue weighted by Crippen LogP contribution is 2.22. The number of aliphatic hydroxyl groups is 3. The Morgan fingerprint density at radius 3 is 1.50 bits per heavy atom. The Morgan fingerprint density at radius 2 is 1.02 bits per heavy atom. The number of carbonyl (C=O) groups excluding carboxylic acids is 14. The third-order valence-corrected chi connectivity index (χ3v) is 20.4. The summed E-state index contributed by atoms with van der Waals surface area (Å²) in [4.78, 5) is 219. The maximum Gasteiger partial charge on any atom is 0.326 e. The summed E-state index contributed by atoms with van der Waals surface area (Å²) in [6.45, 7) is 11.3. The number of aromatic amines is 1. The Balaban J connectivity index is 2.29. The largest absolute Gasteiger partial charge is 0.480 e. The number of aromatic nitrogens is 2. The first-order valence-electron chi connectivity index (χ1n) is 38.7. The molecule has 1 saturated heterocycles. The molecule has 0 bridgehead atoms. The minimum absolute atomic E-state index is 0.0201. The third kappa shape index (κ3) is 36.2. The fraction of sp³-hybridized carbons (Fsp3) is 0.732. The lowest BCUT2D eigenvalue weighted by Crippen LogP contribution is -2.63. The van der Waals surface area contributed by atoms with Crippen LogP contribution in [-0.2, 0) is 78.3 Å². The maximum absolute atomic E-state index is 14.4. The lowest BCUT2D eigenvalue weighted by atomic mass is 9.97. The molecule has 28 N–H and O–H groups in total. The van der Waals surface area contributed by atoms with Crippen LogP contribution in [0.5, 0.6) is 0 Å². The van der Waals surface area contributed by atoms with Crippen molar-refractivity contribution >= 4 is 132 Å². The summed E-state index contributed by atoms with van der Waals surface area (Å²) in [5.41, 5.74) is 28.8. The first-order valence-corrected chi connectivity index (χ1v) is 41.4. The molecule has 2 rings (SSSR count). The zero-order valence-corrected chi connectivity index (χ0v) is 69.6. The predicted molar refractivity (Wildman–Crippen MR) is 434 cm³/mol. The number of guanidine groups is 1. The molecule has 652 valence electrons. The number of imidazole rings is 1. The Labute approximate surface area is 685 Å². The number of carboxylic acid groups (broad SMARTS) is 1. The van der Waals surface area contributed by atoms with E-state index >= 15 is 0 Å². The van der Waals surface area contributed by atoms with Gasteiger partial charge in [-0.15, -0.1) is 0 Å². The van der Waals surface area contributed by atoms with Gasteiger partial charge >= 0.3 is 5.97 Å². The molecule has 0 spiro atoms. The number of thiol groups is 2. The summed E-state index contributed by atoms with van der Waals surface area (Å²) < 4.78 is 0. The van der Waals surface area contributed by atoms with E-state index in [2.05, 4.69) is 109 Å². The highest BCUT2D eigenvalue weighted by Gasteiger charge is 2.42. The monoisotopic (exact) mass is 1690 g/mol. The van der Waals surface area contributed by atoms with Crippen LogP contribution in [-0.4, -0.2) is 290 Å². The number of aliphatic imine (C=N–C) groups is 1. The number of H-pyrrole nitrogens is 1. The number of unbranched alkanes of at least 4 members (excludes halogenated alkanes) is 2. The summed E-state index contributed by atoms with van der Waals surface area (Å²) >= 11 is 9.94. The van der Waals surface area contributed by atoms with Crippen LogP contribution in [0, 0.1) is 17.8 Å². The third-order valence-electron chi connectivity index (χ3n) is 19.1. The van der Waals surface area contributed by atoms with Crippen molar-refractivity contribution in [2.24, 2.45) is 51.4 Å². The summed E-state index contributed by atoms with van der Waals surface area (Å²) in [5, 5.41) is 74.4. The molecular formula is C71H126N22O19S3. The zero-order chi connectivity index (χ0) is 86.8. The molecule has 1 aliphatic heterocycles. The minimum Gasteiger partial charge on any atom is -0.480 e.